The van der Waals surface area contributed by atoms with Crippen LogP contribution in [0, 0.1) is 19.8 Å². The second-order valence-electron chi connectivity index (χ2n) is 7.45. The van der Waals surface area contributed by atoms with Crippen LogP contribution < -0.4 is 5.32 Å². The van der Waals surface area contributed by atoms with E-state index in [0.717, 1.165) is 5.56 Å². The summed E-state index contributed by atoms with van der Waals surface area (Å²) in [7, 11) is 0. The Morgan fingerprint density at radius 2 is 1.97 bits per heavy atom. The summed E-state index contributed by atoms with van der Waals surface area (Å²) in [6, 6.07) is 7.61. The van der Waals surface area contributed by atoms with Crippen LogP contribution in [-0.2, 0) is 11.3 Å². The smallest absolute Gasteiger partial charge is 0.412 e. The number of rotatable bonds is 6. The number of carboxylic acid groups (broad SMARTS) is 1. The third-order valence-electron chi connectivity index (χ3n) is 5.29. The molecule has 156 valence electrons. The Hall–Kier alpha value is -2.25. The lowest BCUT2D eigenvalue weighted by molar-refractivity contribution is -0.147. The SMILES string of the molecule is Cc1cc([C@H](Nc2cccc(CN3CC(C(=O)O)C3)c2C)C(F)(F)F)ccc1Cl. The van der Waals surface area contributed by atoms with Gasteiger partial charge in [-0.1, -0.05) is 35.9 Å². The summed E-state index contributed by atoms with van der Waals surface area (Å²) in [6.07, 6.45) is -4.49. The molecule has 8 heteroatoms. The van der Waals surface area contributed by atoms with Crippen molar-refractivity contribution in [2.24, 2.45) is 5.92 Å². The second kappa shape index (κ2) is 8.24. The molecule has 2 aromatic carbocycles. The number of likely N-dealkylation sites (tertiary alicyclic amines) is 1. The van der Waals surface area contributed by atoms with Crippen LogP contribution >= 0.6 is 11.6 Å². The van der Waals surface area contributed by atoms with Crippen LogP contribution in [0.3, 0.4) is 0 Å². The molecule has 0 aromatic heterocycles. The zero-order valence-corrected chi connectivity index (χ0v) is 16.8. The molecule has 1 aliphatic heterocycles. The molecule has 1 atom stereocenters. The van der Waals surface area contributed by atoms with Crippen molar-refractivity contribution in [3.63, 3.8) is 0 Å². The van der Waals surface area contributed by atoms with E-state index in [-0.39, 0.29) is 11.5 Å². The summed E-state index contributed by atoms with van der Waals surface area (Å²) in [6.45, 7) is 4.83. The first-order chi connectivity index (χ1) is 13.6. The molecule has 1 aliphatic rings. The van der Waals surface area contributed by atoms with Crippen molar-refractivity contribution in [3.05, 3.63) is 63.7 Å². The molecule has 0 aliphatic carbocycles. The summed E-state index contributed by atoms with van der Waals surface area (Å²) in [5.41, 5.74) is 2.65. The minimum atomic E-state index is -4.49. The van der Waals surface area contributed by atoms with Crippen LogP contribution in [0.4, 0.5) is 18.9 Å². The molecule has 0 radical (unpaired) electrons. The summed E-state index contributed by atoms with van der Waals surface area (Å²) >= 11 is 5.96. The number of nitrogens with one attached hydrogen (secondary N) is 1. The largest absolute Gasteiger partial charge is 0.481 e. The Labute approximate surface area is 172 Å². The van der Waals surface area contributed by atoms with Crippen molar-refractivity contribution in [2.45, 2.75) is 32.6 Å². The van der Waals surface area contributed by atoms with E-state index in [9.17, 15) is 18.0 Å². The van der Waals surface area contributed by atoms with Gasteiger partial charge in [-0.2, -0.15) is 13.2 Å². The monoisotopic (exact) mass is 426 g/mol. The summed E-state index contributed by atoms with van der Waals surface area (Å²) < 4.78 is 41.4. The van der Waals surface area contributed by atoms with E-state index in [2.05, 4.69) is 5.32 Å². The third kappa shape index (κ3) is 4.85. The predicted octanol–water partition coefficient (Wildman–Crippen LogP) is 5.19. The molecular formula is C21H22ClF3N2O2. The van der Waals surface area contributed by atoms with Gasteiger partial charge in [0.05, 0.1) is 5.92 Å². The predicted molar refractivity (Wildman–Crippen MR) is 106 cm³/mol. The van der Waals surface area contributed by atoms with Crippen molar-refractivity contribution >= 4 is 23.3 Å². The van der Waals surface area contributed by atoms with Crippen LogP contribution in [0.15, 0.2) is 36.4 Å². The van der Waals surface area contributed by atoms with E-state index in [4.69, 9.17) is 16.7 Å². The van der Waals surface area contributed by atoms with Crippen LogP contribution in [-0.4, -0.2) is 35.2 Å². The van der Waals surface area contributed by atoms with E-state index in [0.29, 0.717) is 41.5 Å². The second-order valence-corrected chi connectivity index (χ2v) is 7.85. The van der Waals surface area contributed by atoms with Gasteiger partial charge in [0.15, 0.2) is 0 Å². The number of hydrogen-bond donors (Lipinski definition) is 2. The van der Waals surface area contributed by atoms with E-state index in [1.165, 1.54) is 18.2 Å². The first-order valence-corrected chi connectivity index (χ1v) is 9.57. The Morgan fingerprint density at radius 3 is 2.55 bits per heavy atom. The lowest BCUT2D eigenvalue weighted by atomic mass is 9.97. The molecule has 2 aromatic rings. The fraction of sp³-hybridized carbons (Fsp3) is 0.381. The number of nitrogens with zero attached hydrogens (tertiary/aromatic N) is 1. The standard InChI is InChI=1S/C21H22ClF3N2O2/c1-12-8-14(6-7-17(12)22)19(21(23,24)25)26-18-5-3-4-15(13(18)2)9-27-10-16(11-27)20(28)29/h3-8,16,19,26H,9-11H2,1-2H3,(H,28,29)/t19-/m0/s1. The quantitative estimate of drug-likeness (QED) is 0.667. The molecule has 29 heavy (non-hydrogen) atoms. The van der Waals surface area contributed by atoms with Gasteiger partial charge in [0.25, 0.3) is 0 Å². The van der Waals surface area contributed by atoms with Crippen molar-refractivity contribution in [3.8, 4) is 0 Å². The number of carboxylic acids is 1. The first-order valence-electron chi connectivity index (χ1n) is 9.19. The summed E-state index contributed by atoms with van der Waals surface area (Å²) in [5.74, 6) is -1.20. The number of hydrogen-bond acceptors (Lipinski definition) is 3. The molecule has 2 N–H and O–H groups in total. The normalized spacial score (nSPS) is 16.3. The molecule has 4 nitrogen and oxygen atoms in total. The Kier molecular flexibility index (Phi) is 6.10. The Balaban J connectivity index is 1.81. The van der Waals surface area contributed by atoms with E-state index >= 15 is 0 Å². The molecule has 1 heterocycles. The fourth-order valence-electron chi connectivity index (χ4n) is 3.46. The minimum Gasteiger partial charge on any atom is -0.481 e. The molecular weight excluding hydrogens is 405 g/mol. The van der Waals surface area contributed by atoms with Crippen LogP contribution in [0.25, 0.3) is 0 Å². The molecule has 0 saturated carbocycles. The highest BCUT2D eigenvalue weighted by Gasteiger charge is 2.41. The topological polar surface area (TPSA) is 52.6 Å². The van der Waals surface area contributed by atoms with E-state index in [1.807, 2.05) is 11.0 Å². The lowest BCUT2D eigenvalue weighted by Crippen LogP contribution is -2.49. The Bertz CT molecular complexity index is 911. The number of alkyl halides is 3. The maximum atomic E-state index is 13.8. The van der Waals surface area contributed by atoms with Gasteiger partial charge < -0.3 is 10.4 Å². The van der Waals surface area contributed by atoms with Gasteiger partial charge in [-0.3, -0.25) is 9.69 Å². The zero-order valence-electron chi connectivity index (χ0n) is 16.1. The van der Waals surface area contributed by atoms with Gasteiger partial charge in [0.1, 0.15) is 6.04 Å². The van der Waals surface area contributed by atoms with E-state index < -0.39 is 18.2 Å². The van der Waals surface area contributed by atoms with Gasteiger partial charge >= 0.3 is 12.1 Å². The van der Waals surface area contributed by atoms with Gasteiger partial charge in [0.2, 0.25) is 0 Å². The van der Waals surface area contributed by atoms with Crippen LogP contribution in [0.1, 0.15) is 28.3 Å². The molecule has 0 amide bonds. The maximum Gasteiger partial charge on any atom is 0.412 e. The summed E-state index contributed by atoms with van der Waals surface area (Å²) in [4.78, 5) is 12.9. The number of aryl methyl sites for hydroxylation is 1. The average molecular weight is 427 g/mol. The highest BCUT2D eigenvalue weighted by atomic mass is 35.5. The number of anilines is 1. The van der Waals surface area contributed by atoms with Crippen molar-refractivity contribution in [1.29, 1.82) is 0 Å². The highest BCUT2D eigenvalue weighted by molar-refractivity contribution is 6.31. The molecule has 0 spiro atoms. The average Bonchev–Trinajstić information content (AvgIpc) is 2.59. The van der Waals surface area contributed by atoms with Crippen molar-refractivity contribution < 1.29 is 23.1 Å². The van der Waals surface area contributed by atoms with Crippen molar-refractivity contribution in [1.82, 2.24) is 4.90 Å². The van der Waals surface area contributed by atoms with E-state index in [1.54, 1.807) is 26.0 Å². The van der Waals surface area contributed by atoms with Crippen LogP contribution in [0.2, 0.25) is 5.02 Å². The lowest BCUT2D eigenvalue weighted by Gasteiger charge is -2.37. The molecule has 1 fully saturated rings. The van der Waals surface area contributed by atoms with Gasteiger partial charge in [0, 0.05) is 30.3 Å². The van der Waals surface area contributed by atoms with Crippen molar-refractivity contribution in [2.75, 3.05) is 18.4 Å². The fourth-order valence-corrected chi connectivity index (χ4v) is 3.58. The maximum absolute atomic E-state index is 13.8. The minimum absolute atomic E-state index is 0.0937. The van der Waals surface area contributed by atoms with Gasteiger partial charge in [-0.05, 0) is 48.2 Å². The molecule has 1 saturated heterocycles. The van der Waals surface area contributed by atoms with Crippen LogP contribution in [0.5, 0.6) is 0 Å². The Morgan fingerprint density at radius 1 is 1.28 bits per heavy atom. The number of carbonyl (C=O) groups is 1. The number of halogens is 4. The third-order valence-corrected chi connectivity index (χ3v) is 5.71. The molecule has 3 rings (SSSR count). The highest BCUT2D eigenvalue weighted by Crippen LogP contribution is 2.38. The number of aliphatic carboxylic acids is 1. The molecule has 0 unspecified atom stereocenters. The van der Waals surface area contributed by atoms with Gasteiger partial charge in [-0.25, -0.2) is 0 Å². The summed E-state index contributed by atoms with van der Waals surface area (Å²) in [5, 5.41) is 12.0. The van der Waals surface area contributed by atoms with Gasteiger partial charge in [-0.15, -0.1) is 0 Å². The molecule has 0 bridgehead atoms. The first kappa shape index (κ1) is 21.5. The zero-order chi connectivity index (χ0) is 21.3. The number of benzene rings is 2.